The smallest absolute Gasteiger partial charge is 0.315 e. The Morgan fingerprint density at radius 2 is 1.88 bits per heavy atom. The van der Waals surface area contributed by atoms with Crippen LogP contribution in [0.5, 0.6) is 0 Å². The first-order valence-electron chi connectivity index (χ1n) is 9.08. The molecule has 1 saturated carbocycles. The van der Waals surface area contributed by atoms with Gasteiger partial charge in [-0.15, -0.1) is 0 Å². The van der Waals surface area contributed by atoms with Gasteiger partial charge in [0, 0.05) is 12.5 Å². The highest BCUT2D eigenvalue weighted by atomic mass is 16.6. The summed E-state index contributed by atoms with van der Waals surface area (Å²) in [5, 5.41) is 18.9. The van der Waals surface area contributed by atoms with Gasteiger partial charge in [-0.05, 0) is 38.2 Å². The molecule has 2 amide bonds. The maximum atomic E-state index is 12.0. The second-order valence-electron chi connectivity index (χ2n) is 7.08. The van der Waals surface area contributed by atoms with E-state index in [0.717, 1.165) is 11.3 Å². The van der Waals surface area contributed by atoms with Crippen molar-refractivity contribution in [3.8, 4) is 0 Å². The summed E-state index contributed by atoms with van der Waals surface area (Å²) in [7, 11) is 0. The molecule has 1 fully saturated rings. The summed E-state index contributed by atoms with van der Waals surface area (Å²) >= 11 is 0. The fourth-order valence-corrected chi connectivity index (χ4v) is 3.38. The molecule has 0 saturated heterocycles. The summed E-state index contributed by atoms with van der Waals surface area (Å²) in [6.07, 6.45) is 3.11. The number of hydrogen-bond acceptors (Lipinski definition) is 4. The average molecular weight is 359 g/mol. The largest absolute Gasteiger partial charge is 0.481 e. The Kier molecular flexibility index (Phi) is 5.75. The monoisotopic (exact) mass is 359 g/mol. The number of carbonyl (C=O) groups is 2. The van der Waals surface area contributed by atoms with Crippen molar-refractivity contribution < 1.29 is 19.5 Å². The van der Waals surface area contributed by atoms with Gasteiger partial charge in [0.05, 0.1) is 18.2 Å². The van der Waals surface area contributed by atoms with E-state index in [1.807, 2.05) is 31.2 Å². The van der Waals surface area contributed by atoms with E-state index in [1.54, 1.807) is 0 Å². The lowest BCUT2D eigenvalue weighted by molar-refractivity contribution is -0.142. The molecule has 140 valence electrons. The topological polar surface area (TPSA) is 100 Å². The molecule has 1 aliphatic heterocycles. The maximum absolute atomic E-state index is 12.0. The molecule has 1 aliphatic carbocycles. The Bertz CT molecular complexity index is 679. The number of carboxylic acids is 1. The number of carbonyl (C=O) groups excluding carboxylic acids is 1. The molecule has 1 aromatic rings. The van der Waals surface area contributed by atoms with Crippen LogP contribution in [0.1, 0.15) is 43.2 Å². The van der Waals surface area contributed by atoms with Crippen LogP contribution < -0.4 is 10.6 Å². The SMILES string of the molecule is Cc1ccc(C2=NOC(CNC(=O)NC3CCC(C(=O)O)CC3)C2)cc1. The molecule has 0 radical (unpaired) electrons. The van der Waals surface area contributed by atoms with Gasteiger partial charge in [-0.1, -0.05) is 35.0 Å². The third-order valence-electron chi connectivity index (χ3n) is 5.02. The van der Waals surface area contributed by atoms with E-state index in [-0.39, 0.29) is 24.1 Å². The van der Waals surface area contributed by atoms with Crippen molar-refractivity contribution in [2.24, 2.45) is 11.1 Å². The molecule has 7 nitrogen and oxygen atoms in total. The van der Waals surface area contributed by atoms with Crippen molar-refractivity contribution in [2.75, 3.05) is 6.54 Å². The number of aryl methyl sites for hydroxylation is 1. The van der Waals surface area contributed by atoms with Crippen molar-refractivity contribution in [3.05, 3.63) is 35.4 Å². The zero-order valence-electron chi connectivity index (χ0n) is 14.9. The standard InChI is InChI=1S/C19H25N3O4/c1-12-2-4-13(5-3-12)17-10-16(26-22-17)11-20-19(25)21-15-8-6-14(7-9-15)18(23)24/h2-5,14-16H,6-11H2,1H3,(H,23,24)(H2,20,21,25). The summed E-state index contributed by atoms with van der Waals surface area (Å²) in [6.45, 7) is 2.42. The third kappa shape index (κ3) is 4.74. The Labute approximate surface area is 152 Å². The van der Waals surface area contributed by atoms with Gasteiger partial charge < -0.3 is 20.6 Å². The van der Waals surface area contributed by atoms with E-state index in [1.165, 1.54) is 5.56 Å². The predicted molar refractivity (Wildman–Crippen MR) is 97.1 cm³/mol. The summed E-state index contributed by atoms with van der Waals surface area (Å²) in [4.78, 5) is 28.4. The molecular formula is C19H25N3O4. The number of nitrogens with one attached hydrogen (secondary N) is 2. The van der Waals surface area contributed by atoms with E-state index in [2.05, 4.69) is 15.8 Å². The Balaban J connectivity index is 1.37. The number of hydrogen-bond donors (Lipinski definition) is 3. The van der Waals surface area contributed by atoms with Gasteiger partial charge in [0.25, 0.3) is 0 Å². The van der Waals surface area contributed by atoms with E-state index in [4.69, 9.17) is 9.94 Å². The Morgan fingerprint density at radius 1 is 1.19 bits per heavy atom. The second-order valence-corrected chi connectivity index (χ2v) is 7.08. The fraction of sp³-hybridized carbons (Fsp3) is 0.526. The molecule has 2 aliphatic rings. The first kappa shape index (κ1) is 18.2. The van der Waals surface area contributed by atoms with Crippen molar-refractivity contribution in [1.82, 2.24) is 10.6 Å². The quantitative estimate of drug-likeness (QED) is 0.752. The van der Waals surface area contributed by atoms with Gasteiger partial charge in [-0.25, -0.2) is 4.79 Å². The molecule has 7 heteroatoms. The van der Waals surface area contributed by atoms with Crippen molar-refractivity contribution in [3.63, 3.8) is 0 Å². The first-order chi connectivity index (χ1) is 12.5. The number of aliphatic carboxylic acids is 1. The normalized spacial score (nSPS) is 25.1. The van der Waals surface area contributed by atoms with Crippen LogP contribution in [0.2, 0.25) is 0 Å². The summed E-state index contributed by atoms with van der Waals surface area (Å²) in [5.74, 6) is -1.02. The van der Waals surface area contributed by atoms with E-state index in [0.29, 0.717) is 38.6 Å². The number of urea groups is 1. The van der Waals surface area contributed by atoms with Crippen LogP contribution in [0.4, 0.5) is 4.79 Å². The molecule has 1 unspecified atom stereocenters. The maximum Gasteiger partial charge on any atom is 0.315 e. The molecule has 0 spiro atoms. The summed E-state index contributed by atoms with van der Waals surface area (Å²) in [5.41, 5.74) is 3.13. The molecule has 3 rings (SSSR count). The predicted octanol–water partition coefficient (Wildman–Crippen LogP) is 2.43. The fourth-order valence-electron chi connectivity index (χ4n) is 3.38. The Morgan fingerprint density at radius 3 is 2.54 bits per heavy atom. The van der Waals surface area contributed by atoms with E-state index in [9.17, 15) is 9.59 Å². The van der Waals surface area contributed by atoms with Crippen LogP contribution in [0.25, 0.3) is 0 Å². The molecular weight excluding hydrogens is 334 g/mol. The third-order valence-corrected chi connectivity index (χ3v) is 5.02. The molecule has 1 atom stereocenters. The number of amides is 2. The van der Waals surface area contributed by atoms with Gasteiger partial charge in [0.15, 0.2) is 6.10 Å². The van der Waals surface area contributed by atoms with Gasteiger partial charge in [-0.3, -0.25) is 4.79 Å². The van der Waals surface area contributed by atoms with Gasteiger partial charge in [0.1, 0.15) is 0 Å². The summed E-state index contributed by atoms with van der Waals surface area (Å²) in [6, 6.07) is 7.91. The van der Waals surface area contributed by atoms with Crippen LogP contribution in [0.3, 0.4) is 0 Å². The number of benzene rings is 1. The number of carboxylic acid groups (broad SMARTS) is 1. The minimum atomic E-state index is -0.740. The van der Waals surface area contributed by atoms with Gasteiger partial charge in [-0.2, -0.15) is 0 Å². The zero-order chi connectivity index (χ0) is 18.5. The second kappa shape index (κ2) is 8.21. The molecule has 0 aromatic heterocycles. The van der Waals surface area contributed by atoms with Gasteiger partial charge in [0.2, 0.25) is 0 Å². The lowest BCUT2D eigenvalue weighted by atomic mass is 9.86. The van der Waals surface area contributed by atoms with Crippen LogP contribution in [0.15, 0.2) is 29.4 Å². The highest BCUT2D eigenvalue weighted by molar-refractivity contribution is 6.01. The number of rotatable bonds is 5. The molecule has 1 aromatic carbocycles. The van der Waals surface area contributed by atoms with Crippen molar-refractivity contribution >= 4 is 17.7 Å². The van der Waals surface area contributed by atoms with E-state index < -0.39 is 5.97 Å². The van der Waals surface area contributed by atoms with Crippen LogP contribution in [-0.2, 0) is 9.63 Å². The van der Waals surface area contributed by atoms with Crippen LogP contribution in [-0.4, -0.2) is 41.5 Å². The Hall–Kier alpha value is -2.57. The highest BCUT2D eigenvalue weighted by Gasteiger charge is 2.27. The van der Waals surface area contributed by atoms with Gasteiger partial charge >= 0.3 is 12.0 Å². The summed E-state index contributed by atoms with van der Waals surface area (Å²) < 4.78 is 0. The minimum Gasteiger partial charge on any atom is -0.481 e. The van der Waals surface area contributed by atoms with E-state index >= 15 is 0 Å². The van der Waals surface area contributed by atoms with Crippen LogP contribution in [0, 0.1) is 12.8 Å². The molecule has 0 bridgehead atoms. The lowest BCUT2D eigenvalue weighted by Gasteiger charge is -2.27. The molecule has 3 N–H and O–H groups in total. The highest BCUT2D eigenvalue weighted by Crippen LogP contribution is 2.24. The van der Waals surface area contributed by atoms with Crippen molar-refractivity contribution in [2.45, 2.75) is 51.2 Å². The zero-order valence-corrected chi connectivity index (χ0v) is 14.9. The van der Waals surface area contributed by atoms with Crippen LogP contribution >= 0.6 is 0 Å². The average Bonchev–Trinajstić information content (AvgIpc) is 3.10. The molecule has 26 heavy (non-hydrogen) atoms. The number of nitrogens with zero attached hydrogens (tertiary/aromatic N) is 1. The first-order valence-corrected chi connectivity index (χ1v) is 9.08. The minimum absolute atomic E-state index is 0.0365. The lowest BCUT2D eigenvalue weighted by Crippen LogP contribution is -2.46. The number of oxime groups is 1. The molecule has 1 heterocycles. The van der Waals surface area contributed by atoms with Crippen molar-refractivity contribution in [1.29, 1.82) is 0 Å².